The van der Waals surface area contributed by atoms with Crippen molar-refractivity contribution in [3.05, 3.63) is 81.4 Å². The molecule has 1 N–H and O–H groups in total. The van der Waals surface area contributed by atoms with E-state index in [-0.39, 0.29) is 35.0 Å². The summed E-state index contributed by atoms with van der Waals surface area (Å²) in [5.41, 5.74) is 0.228. The molecule has 0 aliphatic carbocycles. The minimum atomic E-state index is -1.02. The molecule has 0 unspecified atom stereocenters. The zero-order chi connectivity index (χ0) is 20.4. The van der Waals surface area contributed by atoms with Crippen molar-refractivity contribution in [2.75, 3.05) is 6.54 Å². The van der Waals surface area contributed by atoms with Gasteiger partial charge in [-0.15, -0.1) is 0 Å². The van der Waals surface area contributed by atoms with Crippen LogP contribution < -0.4 is 0 Å². The monoisotopic (exact) mass is 380 g/mol. The van der Waals surface area contributed by atoms with Crippen molar-refractivity contribution in [3.8, 4) is 0 Å². The average molecular weight is 380 g/mol. The quantitative estimate of drug-likeness (QED) is 0.280. The van der Waals surface area contributed by atoms with E-state index in [1.165, 1.54) is 23.1 Å². The van der Waals surface area contributed by atoms with E-state index in [1.54, 1.807) is 36.4 Å². The number of hydrogen-bond donors (Lipinski definition) is 1. The highest BCUT2D eigenvalue weighted by Crippen LogP contribution is 2.42. The number of aliphatic hydroxyl groups excluding tert-OH is 1. The van der Waals surface area contributed by atoms with Crippen molar-refractivity contribution in [2.45, 2.75) is 19.9 Å². The maximum Gasteiger partial charge on any atom is 0.295 e. The van der Waals surface area contributed by atoms with Gasteiger partial charge in [-0.25, -0.2) is 0 Å². The molecule has 0 aromatic heterocycles. The molecule has 1 saturated heterocycles. The number of hydrogen-bond acceptors (Lipinski definition) is 5. The number of carbonyl (C=O) groups is 2. The first-order chi connectivity index (χ1) is 13.3. The maximum absolute atomic E-state index is 12.8. The summed E-state index contributed by atoms with van der Waals surface area (Å²) in [7, 11) is 0. The molecule has 1 aliphatic heterocycles. The number of carbonyl (C=O) groups excluding carboxylic acids is 2. The predicted molar refractivity (Wildman–Crippen MR) is 103 cm³/mol. The van der Waals surface area contributed by atoms with Crippen LogP contribution in [0.2, 0.25) is 0 Å². The predicted octanol–water partition coefficient (Wildman–Crippen LogP) is 3.67. The normalized spacial score (nSPS) is 18.7. The van der Waals surface area contributed by atoms with Crippen LogP contribution in [0.1, 0.15) is 31.0 Å². The third-order valence-corrected chi connectivity index (χ3v) is 4.58. The van der Waals surface area contributed by atoms with Crippen LogP contribution in [0.25, 0.3) is 5.76 Å². The number of likely N-dealkylation sites (tertiary alicyclic amines) is 1. The van der Waals surface area contributed by atoms with E-state index in [0.717, 1.165) is 0 Å². The molecule has 0 saturated carbocycles. The summed E-state index contributed by atoms with van der Waals surface area (Å²) in [6.45, 7) is 3.99. The number of ketones is 1. The Morgan fingerprint density at radius 2 is 1.71 bits per heavy atom. The van der Waals surface area contributed by atoms with Gasteiger partial charge in [0, 0.05) is 18.2 Å². The van der Waals surface area contributed by atoms with Gasteiger partial charge in [-0.2, -0.15) is 0 Å². The molecule has 1 amide bonds. The molecule has 28 heavy (non-hydrogen) atoms. The minimum Gasteiger partial charge on any atom is -0.507 e. The summed E-state index contributed by atoms with van der Waals surface area (Å²) in [5, 5.41) is 22.4. The van der Waals surface area contributed by atoms with Crippen molar-refractivity contribution in [1.82, 2.24) is 4.90 Å². The van der Waals surface area contributed by atoms with Gasteiger partial charge in [0.2, 0.25) is 0 Å². The number of nitrogens with zero attached hydrogens (tertiary/aromatic N) is 2. The standard InChI is InChI=1S/C21H20N2O5/c1-13(2)12-22-18(15-10-6-7-11-16(15)23(27)28)17(20(25)21(22)26)19(24)14-8-4-3-5-9-14/h3-11,13,18,24H,12H2,1-2H3/t18-/m1/s1. The Morgan fingerprint density at radius 1 is 1.11 bits per heavy atom. The fourth-order valence-corrected chi connectivity index (χ4v) is 3.42. The molecule has 2 aromatic carbocycles. The van der Waals surface area contributed by atoms with Gasteiger partial charge in [0.15, 0.2) is 0 Å². The summed E-state index contributed by atoms with van der Waals surface area (Å²) >= 11 is 0. The number of nitro groups is 1. The highest BCUT2D eigenvalue weighted by Gasteiger charge is 2.48. The fraction of sp³-hybridized carbons (Fsp3) is 0.238. The Kier molecular flexibility index (Phi) is 5.26. The molecular weight excluding hydrogens is 360 g/mol. The Labute approximate surface area is 162 Å². The van der Waals surface area contributed by atoms with Crippen LogP contribution in [0.4, 0.5) is 5.69 Å². The highest BCUT2D eigenvalue weighted by molar-refractivity contribution is 6.46. The van der Waals surface area contributed by atoms with Gasteiger partial charge in [-0.05, 0) is 12.0 Å². The SMILES string of the molecule is CC(C)CN1C(=O)C(=O)C(=C(O)c2ccccc2)[C@H]1c1ccccc1[N+](=O)[O-]. The summed E-state index contributed by atoms with van der Waals surface area (Å²) in [6.07, 6.45) is 0. The van der Waals surface area contributed by atoms with Gasteiger partial charge in [0.25, 0.3) is 17.4 Å². The molecule has 2 aromatic rings. The third-order valence-electron chi connectivity index (χ3n) is 4.58. The van der Waals surface area contributed by atoms with Crippen LogP contribution in [-0.4, -0.2) is 33.2 Å². The van der Waals surface area contributed by atoms with Gasteiger partial charge in [-0.1, -0.05) is 56.3 Å². The average Bonchev–Trinajstić information content (AvgIpc) is 2.92. The van der Waals surface area contributed by atoms with Gasteiger partial charge in [0.05, 0.1) is 22.1 Å². The largest absolute Gasteiger partial charge is 0.507 e. The lowest BCUT2D eigenvalue weighted by Gasteiger charge is -2.26. The van der Waals surface area contributed by atoms with Gasteiger partial charge in [0.1, 0.15) is 5.76 Å². The Morgan fingerprint density at radius 3 is 2.32 bits per heavy atom. The van der Waals surface area contributed by atoms with E-state index in [4.69, 9.17) is 0 Å². The van der Waals surface area contributed by atoms with Gasteiger partial charge < -0.3 is 10.0 Å². The lowest BCUT2D eigenvalue weighted by molar-refractivity contribution is -0.385. The minimum absolute atomic E-state index is 0.0280. The first kappa shape index (κ1) is 19.3. The van der Waals surface area contributed by atoms with Crippen molar-refractivity contribution < 1.29 is 19.6 Å². The Hall–Kier alpha value is -3.48. The second kappa shape index (κ2) is 7.64. The van der Waals surface area contributed by atoms with Crippen molar-refractivity contribution in [2.24, 2.45) is 5.92 Å². The molecule has 7 heteroatoms. The van der Waals surface area contributed by atoms with E-state index < -0.39 is 22.7 Å². The van der Waals surface area contributed by atoms with Crippen molar-refractivity contribution >= 4 is 23.1 Å². The molecule has 144 valence electrons. The zero-order valence-corrected chi connectivity index (χ0v) is 15.5. The summed E-state index contributed by atoms with van der Waals surface area (Å²) in [6, 6.07) is 13.3. The molecule has 1 fully saturated rings. The van der Waals surface area contributed by atoms with Gasteiger partial charge >= 0.3 is 0 Å². The lowest BCUT2D eigenvalue weighted by atomic mass is 9.94. The summed E-state index contributed by atoms with van der Waals surface area (Å²) < 4.78 is 0. The number of para-hydroxylation sites is 1. The fourth-order valence-electron chi connectivity index (χ4n) is 3.42. The maximum atomic E-state index is 12.8. The third kappa shape index (κ3) is 3.38. The van der Waals surface area contributed by atoms with E-state index in [0.29, 0.717) is 5.56 Å². The van der Waals surface area contributed by atoms with Crippen molar-refractivity contribution in [3.63, 3.8) is 0 Å². The molecule has 0 bridgehead atoms. The topological polar surface area (TPSA) is 101 Å². The van der Waals surface area contributed by atoms with Crippen LogP contribution >= 0.6 is 0 Å². The van der Waals surface area contributed by atoms with Crippen LogP contribution in [0, 0.1) is 16.0 Å². The number of Topliss-reactive ketones (excluding diaryl/α,β-unsaturated/α-hetero) is 1. The summed E-state index contributed by atoms with van der Waals surface area (Å²) in [4.78, 5) is 37.8. The highest BCUT2D eigenvalue weighted by atomic mass is 16.6. The second-order valence-corrected chi connectivity index (χ2v) is 7.03. The molecule has 0 spiro atoms. The van der Waals surface area contributed by atoms with Crippen LogP contribution in [0.15, 0.2) is 60.2 Å². The van der Waals surface area contributed by atoms with Crippen LogP contribution in [0.5, 0.6) is 0 Å². The van der Waals surface area contributed by atoms with E-state index in [2.05, 4.69) is 0 Å². The number of rotatable bonds is 5. The van der Waals surface area contributed by atoms with E-state index in [1.807, 2.05) is 13.8 Å². The number of aliphatic hydroxyl groups is 1. The smallest absolute Gasteiger partial charge is 0.295 e. The molecule has 0 radical (unpaired) electrons. The molecule has 3 rings (SSSR count). The van der Waals surface area contributed by atoms with E-state index >= 15 is 0 Å². The zero-order valence-electron chi connectivity index (χ0n) is 15.5. The van der Waals surface area contributed by atoms with E-state index in [9.17, 15) is 24.8 Å². The number of benzene rings is 2. The van der Waals surface area contributed by atoms with Crippen LogP contribution in [0.3, 0.4) is 0 Å². The number of nitro benzene ring substituents is 1. The molecule has 1 aliphatic rings. The Bertz CT molecular complexity index is 966. The molecule has 1 heterocycles. The van der Waals surface area contributed by atoms with Crippen molar-refractivity contribution in [1.29, 1.82) is 0 Å². The number of amides is 1. The first-order valence-electron chi connectivity index (χ1n) is 8.90. The summed E-state index contributed by atoms with van der Waals surface area (Å²) in [5.74, 6) is -1.92. The van der Waals surface area contributed by atoms with Gasteiger partial charge in [-0.3, -0.25) is 19.7 Å². The molecular formula is C21H20N2O5. The second-order valence-electron chi connectivity index (χ2n) is 7.03. The Balaban J connectivity index is 2.27. The lowest BCUT2D eigenvalue weighted by Crippen LogP contribution is -2.33. The van der Waals surface area contributed by atoms with Crippen LogP contribution in [-0.2, 0) is 9.59 Å². The first-order valence-corrected chi connectivity index (χ1v) is 8.90. The molecule has 7 nitrogen and oxygen atoms in total. The molecule has 1 atom stereocenters.